The highest BCUT2D eigenvalue weighted by molar-refractivity contribution is 5.83. The van der Waals surface area contributed by atoms with Gasteiger partial charge in [-0.25, -0.2) is 0 Å². The summed E-state index contributed by atoms with van der Waals surface area (Å²) < 4.78 is 0. The van der Waals surface area contributed by atoms with Crippen LogP contribution in [-0.2, 0) is 4.79 Å². The predicted octanol–water partition coefficient (Wildman–Crippen LogP) is 2.17. The quantitative estimate of drug-likeness (QED) is 0.817. The van der Waals surface area contributed by atoms with Crippen LogP contribution in [0.25, 0.3) is 0 Å². The Morgan fingerprint density at radius 1 is 1.41 bits per heavy atom. The molecule has 2 atom stereocenters. The van der Waals surface area contributed by atoms with Crippen LogP contribution in [0.5, 0.6) is 0 Å². The Morgan fingerprint density at radius 3 is 2.82 bits per heavy atom. The van der Waals surface area contributed by atoms with Crippen LogP contribution in [0.15, 0.2) is 0 Å². The maximum absolute atomic E-state index is 12.8. The molecule has 3 nitrogen and oxygen atoms in total. The van der Waals surface area contributed by atoms with Crippen molar-refractivity contribution in [1.82, 2.24) is 10.2 Å². The van der Waals surface area contributed by atoms with Gasteiger partial charge in [0.25, 0.3) is 0 Å². The maximum Gasteiger partial charge on any atom is 0.230 e. The normalized spacial score (nSPS) is 34.0. The summed E-state index contributed by atoms with van der Waals surface area (Å²) in [5, 5.41) is 3.42. The number of nitrogens with zero attached hydrogens (tertiary/aromatic N) is 1. The number of rotatable bonds is 3. The van der Waals surface area contributed by atoms with Crippen molar-refractivity contribution in [2.75, 3.05) is 19.6 Å². The zero-order valence-corrected chi connectivity index (χ0v) is 11.3. The molecule has 98 valence electrons. The third kappa shape index (κ3) is 2.35. The van der Waals surface area contributed by atoms with E-state index in [0.29, 0.717) is 11.9 Å². The zero-order valence-electron chi connectivity index (χ0n) is 11.3. The third-order valence-corrected chi connectivity index (χ3v) is 4.71. The van der Waals surface area contributed by atoms with Crippen LogP contribution < -0.4 is 5.32 Å². The highest BCUT2D eigenvalue weighted by Gasteiger charge is 2.43. The van der Waals surface area contributed by atoms with Crippen molar-refractivity contribution in [3.05, 3.63) is 0 Å². The number of hydrogen-bond acceptors (Lipinski definition) is 2. The van der Waals surface area contributed by atoms with Crippen LogP contribution in [0.1, 0.15) is 52.4 Å². The molecular formula is C14H26N2O. The molecule has 0 bridgehead atoms. The van der Waals surface area contributed by atoms with Crippen molar-refractivity contribution in [3.63, 3.8) is 0 Å². The van der Waals surface area contributed by atoms with Gasteiger partial charge in [-0.05, 0) is 45.1 Å². The van der Waals surface area contributed by atoms with E-state index >= 15 is 0 Å². The summed E-state index contributed by atoms with van der Waals surface area (Å²) in [5.74, 6) is 0.427. The molecule has 0 radical (unpaired) electrons. The molecule has 0 aliphatic carbocycles. The summed E-state index contributed by atoms with van der Waals surface area (Å²) in [5.41, 5.74) is -0.101. The molecule has 2 unspecified atom stereocenters. The number of likely N-dealkylation sites (tertiary alicyclic amines) is 1. The van der Waals surface area contributed by atoms with Crippen molar-refractivity contribution in [3.8, 4) is 0 Å². The molecule has 2 aliphatic rings. The summed E-state index contributed by atoms with van der Waals surface area (Å²) in [7, 11) is 0. The van der Waals surface area contributed by atoms with E-state index < -0.39 is 0 Å². The first kappa shape index (κ1) is 12.9. The highest BCUT2D eigenvalue weighted by atomic mass is 16.2. The molecule has 2 heterocycles. The molecule has 1 amide bonds. The molecule has 17 heavy (non-hydrogen) atoms. The van der Waals surface area contributed by atoms with E-state index in [0.717, 1.165) is 45.3 Å². The molecule has 0 spiro atoms. The van der Waals surface area contributed by atoms with Gasteiger partial charge in [-0.1, -0.05) is 13.8 Å². The topological polar surface area (TPSA) is 32.3 Å². The van der Waals surface area contributed by atoms with E-state index in [1.807, 2.05) is 0 Å². The first-order valence-corrected chi connectivity index (χ1v) is 7.25. The Labute approximate surface area is 105 Å². The van der Waals surface area contributed by atoms with Gasteiger partial charge < -0.3 is 10.2 Å². The lowest BCUT2D eigenvalue weighted by molar-refractivity contribution is -0.144. The highest BCUT2D eigenvalue weighted by Crippen LogP contribution is 2.35. The Morgan fingerprint density at radius 2 is 2.24 bits per heavy atom. The smallest absolute Gasteiger partial charge is 0.230 e. The monoisotopic (exact) mass is 238 g/mol. The van der Waals surface area contributed by atoms with Crippen molar-refractivity contribution in [2.45, 2.75) is 58.4 Å². The SMILES string of the molecule is CCC1CCCN1C(=O)C1(CC)CCCNC1. The fourth-order valence-corrected chi connectivity index (χ4v) is 3.44. The molecule has 2 fully saturated rings. The number of amides is 1. The Kier molecular flexibility index (Phi) is 4.08. The van der Waals surface area contributed by atoms with Gasteiger partial charge in [-0.2, -0.15) is 0 Å². The molecular weight excluding hydrogens is 212 g/mol. The van der Waals surface area contributed by atoms with E-state index in [4.69, 9.17) is 0 Å². The lowest BCUT2D eigenvalue weighted by Gasteiger charge is -2.40. The van der Waals surface area contributed by atoms with Gasteiger partial charge in [0.1, 0.15) is 0 Å². The second-order valence-corrected chi connectivity index (χ2v) is 5.62. The Bertz CT molecular complexity index is 271. The Hall–Kier alpha value is -0.570. The van der Waals surface area contributed by atoms with Gasteiger partial charge in [0.15, 0.2) is 0 Å². The molecule has 2 aliphatic heterocycles. The minimum absolute atomic E-state index is 0.101. The van der Waals surface area contributed by atoms with Gasteiger partial charge in [0, 0.05) is 19.1 Å². The molecule has 0 aromatic heterocycles. The summed E-state index contributed by atoms with van der Waals surface area (Å²) in [4.78, 5) is 15.0. The van der Waals surface area contributed by atoms with Crippen LogP contribution in [0.3, 0.4) is 0 Å². The van der Waals surface area contributed by atoms with Crippen LogP contribution in [0.4, 0.5) is 0 Å². The molecule has 3 heteroatoms. The predicted molar refractivity (Wildman–Crippen MR) is 69.9 cm³/mol. The first-order chi connectivity index (χ1) is 8.23. The molecule has 2 saturated heterocycles. The summed E-state index contributed by atoms with van der Waals surface area (Å²) in [6.45, 7) is 7.32. The van der Waals surface area contributed by atoms with Gasteiger partial charge >= 0.3 is 0 Å². The number of hydrogen-bond donors (Lipinski definition) is 1. The van der Waals surface area contributed by atoms with E-state index in [1.54, 1.807) is 0 Å². The lowest BCUT2D eigenvalue weighted by atomic mass is 9.77. The summed E-state index contributed by atoms with van der Waals surface area (Å²) >= 11 is 0. The van der Waals surface area contributed by atoms with E-state index in [2.05, 4.69) is 24.1 Å². The largest absolute Gasteiger partial charge is 0.339 e. The van der Waals surface area contributed by atoms with Crippen LogP contribution >= 0.6 is 0 Å². The summed E-state index contributed by atoms with van der Waals surface area (Å²) in [6, 6.07) is 0.507. The molecule has 0 aromatic carbocycles. The number of nitrogens with one attached hydrogen (secondary N) is 1. The van der Waals surface area contributed by atoms with E-state index in [9.17, 15) is 4.79 Å². The van der Waals surface area contributed by atoms with Gasteiger partial charge in [-0.15, -0.1) is 0 Å². The van der Waals surface area contributed by atoms with Crippen molar-refractivity contribution in [1.29, 1.82) is 0 Å². The van der Waals surface area contributed by atoms with Crippen LogP contribution in [0, 0.1) is 5.41 Å². The lowest BCUT2D eigenvalue weighted by Crippen LogP contribution is -2.52. The van der Waals surface area contributed by atoms with Crippen molar-refractivity contribution >= 4 is 5.91 Å². The zero-order chi connectivity index (χ0) is 12.3. The summed E-state index contributed by atoms with van der Waals surface area (Å²) in [6.07, 6.45) is 6.70. The van der Waals surface area contributed by atoms with E-state index in [1.165, 1.54) is 12.8 Å². The first-order valence-electron chi connectivity index (χ1n) is 7.25. The Balaban J connectivity index is 2.10. The van der Waals surface area contributed by atoms with Crippen LogP contribution in [-0.4, -0.2) is 36.5 Å². The average Bonchev–Trinajstić information content (AvgIpc) is 2.86. The van der Waals surface area contributed by atoms with Crippen molar-refractivity contribution in [2.24, 2.45) is 5.41 Å². The second-order valence-electron chi connectivity index (χ2n) is 5.62. The van der Waals surface area contributed by atoms with Crippen LogP contribution in [0.2, 0.25) is 0 Å². The van der Waals surface area contributed by atoms with E-state index in [-0.39, 0.29) is 5.41 Å². The molecule has 2 rings (SSSR count). The fraction of sp³-hybridized carbons (Fsp3) is 0.929. The van der Waals surface area contributed by atoms with Gasteiger partial charge in [0.2, 0.25) is 5.91 Å². The maximum atomic E-state index is 12.8. The number of carbonyl (C=O) groups excluding carboxylic acids is 1. The minimum Gasteiger partial charge on any atom is -0.339 e. The molecule has 0 saturated carbocycles. The molecule has 1 N–H and O–H groups in total. The standard InChI is InChI=1S/C14H26N2O/c1-3-12-7-5-10-16(12)13(17)14(4-2)8-6-9-15-11-14/h12,15H,3-11H2,1-2H3. The van der Waals surface area contributed by atoms with Gasteiger partial charge in [-0.3, -0.25) is 4.79 Å². The third-order valence-electron chi connectivity index (χ3n) is 4.71. The fourth-order valence-electron chi connectivity index (χ4n) is 3.44. The number of carbonyl (C=O) groups is 1. The molecule has 0 aromatic rings. The second kappa shape index (κ2) is 5.38. The minimum atomic E-state index is -0.101. The van der Waals surface area contributed by atoms with Gasteiger partial charge in [0.05, 0.1) is 5.41 Å². The number of piperidine rings is 1. The van der Waals surface area contributed by atoms with Crippen molar-refractivity contribution < 1.29 is 4.79 Å². The average molecular weight is 238 g/mol.